The Kier molecular flexibility index (Phi) is 4.86. The Morgan fingerprint density at radius 1 is 1.35 bits per heavy atom. The number of nitriles is 1. The van der Waals surface area contributed by atoms with E-state index < -0.39 is 17.6 Å². The molecule has 0 bridgehead atoms. The van der Waals surface area contributed by atoms with Gasteiger partial charge in [0.2, 0.25) is 0 Å². The van der Waals surface area contributed by atoms with Crippen LogP contribution in [0.2, 0.25) is 0 Å². The largest absolute Gasteiger partial charge is 0.416 e. The summed E-state index contributed by atoms with van der Waals surface area (Å²) in [6, 6.07) is 7.86. The Labute approximate surface area is 134 Å². The fraction of sp³-hybridized carbons (Fsp3) is 0.125. The van der Waals surface area contributed by atoms with E-state index in [4.69, 9.17) is 5.26 Å². The predicted octanol–water partition coefficient (Wildman–Crippen LogP) is 4.62. The summed E-state index contributed by atoms with van der Waals surface area (Å²) in [4.78, 5) is 12.8. The molecule has 1 N–H and O–H groups in total. The molecule has 7 heteroatoms. The van der Waals surface area contributed by atoms with E-state index in [1.54, 1.807) is 6.07 Å². The van der Waals surface area contributed by atoms with Gasteiger partial charge in [-0.05, 0) is 48.2 Å². The molecule has 1 heterocycles. The normalized spacial score (nSPS) is 11.9. The Morgan fingerprint density at radius 3 is 2.65 bits per heavy atom. The molecule has 23 heavy (non-hydrogen) atoms. The molecule has 0 fully saturated rings. The average Bonchev–Trinajstić information content (AvgIpc) is 2.89. The first-order valence-electron chi connectivity index (χ1n) is 6.46. The van der Waals surface area contributed by atoms with Crippen LogP contribution in [-0.4, -0.2) is 5.91 Å². The van der Waals surface area contributed by atoms with Crippen LogP contribution in [0.1, 0.15) is 16.0 Å². The van der Waals surface area contributed by atoms with E-state index in [1.165, 1.54) is 29.5 Å². The summed E-state index contributed by atoms with van der Waals surface area (Å²) in [7, 11) is 0. The molecule has 0 aliphatic carbocycles. The van der Waals surface area contributed by atoms with Crippen molar-refractivity contribution in [3.8, 4) is 6.07 Å². The summed E-state index contributed by atoms with van der Waals surface area (Å²) in [5.41, 5.74) is -0.150. The number of halogens is 3. The van der Waals surface area contributed by atoms with E-state index in [0.29, 0.717) is 0 Å². The first-order chi connectivity index (χ1) is 10.8. The molecule has 1 aromatic carbocycles. The summed E-state index contributed by atoms with van der Waals surface area (Å²) >= 11 is 1.37. The van der Waals surface area contributed by atoms with E-state index in [2.05, 4.69) is 5.32 Å². The van der Waals surface area contributed by atoms with Crippen molar-refractivity contribution in [3.05, 3.63) is 57.3 Å². The molecule has 3 nitrogen and oxygen atoms in total. The van der Waals surface area contributed by atoms with Gasteiger partial charge in [-0.2, -0.15) is 18.4 Å². The first kappa shape index (κ1) is 16.8. The number of hydrogen-bond donors (Lipinski definition) is 1. The number of carbonyl (C=O) groups is 1. The molecule has 118 valence electrons. The molecule has 0 radical (unpaired) electrons. The number of carbonyl (C=O) groups excluding carboxylic acids is 1. The Balaban J connectivity index is 2.23. The third kappa shape index (κ3) is 4.20. The van der Waals surface area contributed by atoms with Gasteiger partial charge in [0.05, 0.1) is 5.56 Å². The number of aryl methyl sites for hydroxylation is 1. The lowest BCUT2D eigenvalue weighted by Gasteiger charge is -2.09. The van der Waals surface area contributed by atoms with Crippen LogP contribution in [0.4, 0.5) is 18.9 Å². The number of benzene rings is 1. The third-order valence-corrected chi connectivity index (χ3v) is 3.96. The monoisotopic (exact) mass is 336 g/mol. The number of alkyl halides is 3. The van der Waals surface area contributed by atoms with Gasteiger partial charge in [-0.15, -0.1) is 11.3 Å². The minimum Gasteiger partial charge on any atom is -0.321 e. The SMILES string of the molecule is Cc1ccsc1/C=C(/C#N)C(=O)Nc1cccc(C(F)(F)F)c1. The third-order valence-electron chi connectivity index (χ3n) is 2.99. The number of rotatable bonds is 3. The second-order valence-electron chi connectivity index (χ2n) is 4.67. The maximum absolute atomic E-state index is 12.7. The van der Waals surface area contributed by atoms with Crippen molar-refractivity contribution in [2.45, 2.75) is 13.1 Å². The minimum atomic E-state index is -4.50. The van der Waals surface area contributed by atoms with Crippen molar-refractivity contribution in [2.24, 2.45) is 0 Å². The lowest BCUT2D eigenvalue weighted by Crippen LogP contribution is -2.14. The van der Waals surface area contributed by atoms with E-state index in [1.807, 2.05) is 18.4 Å². The molecule has 0 saturated carbocycles. The van der Waals surface area contributed by atoms with Crippen LogP contribution in [0, 0.1) is 18.3 Å². The highest BCUT2D eigenvalue weighted by molar-refractivity contribution is 7.11. The van der Waals surface area contributed by atoms with Crippen LogP contribution < -0.4 is 5.32 Å². The van der Waals surface area contributed by atoms with Crippen LogP contribution in [-0.2, 0) is 11.0 Å². The van der Waals surface area contributed by atoms with Crippen molar-refractivity contribution in [3.63, 3.8) is 0 Å². The summed E-state index contributed by atoms with van der Waals surface area (Å²) < 4.78 is 38.0. The van der Waals surface area contributed by atoms with Crippen LogP contribution in [0.25, 0.3) is 6.08 Å². The van der Waals surface area contributed by atoms with Crippen molar-refractivity contribution in [1.29, 1.82) is 5.26 Å². The Bertz CT molecular complexity index is 800. The van der Waals surface area contributed by atoms with Gasteiger partial charge in [0.15, 0.2) is 0 Å². The van der Waals surface area contributed by atoms with Crippen molar-refractivity contribution in [1.82, 2.24) is 0 Å². The number of nitrogens with zero attached hydrogens (tertiary/aromatic N) is 1. The van der Waals surface area contributed by atoms with Gasteiger partial charge in [0.1, 0.15) is 11.6 Å². The second kappa shape index (κ2) is 6.67. The fourth-order valence-corrected chi connectivity index (χ4v) is 2.64. The lowest BCUT2D eigenvalue weighted by atomic mass is 10.1. The summed E-state index contributed by atoms with van der Waals surface area (Å²) in [5, 5.41) is 13.2. The molecule has 0 saturated heterocycles. The van der Waals surface area contributed by atoms with E-state index in [0.717, 1.165) is 22.6 Å². The molecular formula is C16H11F3N2OS. The topological polar surface area (TPSA) is 52.9 Å². The van der Waals surface area contributed by atoms with Gasteiger partial charge in [0.25, 0.3) is 5.91 Å². The van der Waals surface area contributed by atoms with Crippen molar-refractivity contribution >= 4 is 29.0 Å². The number of hydrogen-bond acceptors (Lipinski definition) is 3. The highest BCUT2D eigenvalue weighted by Gasteiger charge is 2.30. The number of nitrogens with one attached hydrogen (secondary N) is 1. The molecule has 0 atom stereocenters. The van der Waals surface area contributed by atoms with Gasteiger partial charge in [-0.3, -0.25) is 4.79 Å². The zero-order valence-corrected chi connectivity index (χ0v) is 12.8. The molecule has 1 amide bonds. The van der Waals surface area contributed by atoms with Gasteiger partial charge in [0, 0.05) is 10.6 Å². The van der Waals surface area contributed by atoms with Crippen molar-refractivity contribution < 1.29 is 18.0 Å². The first-order valence-corrected chi connectivity index (χ1v) is 7.33. The molecule has 2 rings (SSSR count). The quantitative estimate of drug-likeness (QED) is 0.657. The standard InChI is InChI=1S/C16H11F3N2OS/c1-10-5-6-23-14(10)7-11(9-20)15(22)21-13-4-2-3-12(8-13)16(17,18)19/h2-8H,1H3,(H,21,22)/b11-7-. The lowest BCUT2D eigenvalue weighted by molar-refractivity contribution is -0.137. The number of anilines is 1. The molecule has 1 aromatic heterocycles. The summed E-state index contributed by atoms with van der Waals surface area (Å²) in [6.07, 6.45) is -3.08. The van der Waals surface area contributed by atoms with Crippen LogP contribution in [0.15, 0.2) is 41.3 Å². The average molecular weight is 336 g/mol. The highest BCUT2D eigenvalue weighted by atomic mass is 32.1. The molecule has 2 aromatic rings. The van der Waals surface area contributed by atoms with Gasteiger partial charge >= 0.3 is 6.18 Å². The zero-order chi connectivity index (χ0) is 17.0. The molecule has 0 aliphatic heterocycles. The Morgan fingerprint density at radius 2 is 2.09 bits per heavy atom. The van der Waals surface area contributed by atoms with Gasteiger partial charge in [-0.25, -0.2) is 0 Å². The summed E-state index contributed by atoms with van der Waals surface area (Å²) in [6.45, 7) is 1.84. The summed E-state index contributed by atoms with van der Waals surface area (Å²) in [5.74, 6) is -0.750. The predicted molar refractivity (Wildman–Crippen MR) is 82.7 cm³/mol. The van der Waals surface area contributed by atoms with Gasteiger partial charge < -0.3 is 5.32 Å². The van der Waals surface area contributed by atoms with Crippen molar-refractivity contribution in [2.75, 3.05) is 5.32 Å². The maximum atomic E-state index is 12.7. The fourth-order valence-electron chi connectivity index (χ4n) is 1.78. The molecule has 0 spiro atoms. The van der Waals surface area contributed by atoms with E-state index >= 15 is 0 Å². The van der Waals surface area contributed by atoms with Crippen LogP contribution in [0.5, 0.6) is 0 Å². The second-order valence-corrected chi connectivity index (χ2v) is 5.62. The molecular weight excluding hydrogens is 325 g/mol. The van der Waals surface area contributed by atoms with E-state index in [-0.39, 0.29) is 11.3 Å². The number of thiophene rings is 1. The maximum Gasteiger partial charge on any atom is 0.416 e. The number of amides is 1. The zero-order valence-electron chi connectivity index (χ0n) is 11.9. The van der Waals surface area contributed by atoms with Crippen LogP contribution in [0.3, 0.4) is 0 Å². The van der Waals surface area contributed by atoms with Gasteiger partial charge in [-0.1, -0.05) is 6.07 Å². The smallest absolute Gasteiger partial charge is 0.321 e. The van der Waals surface area contributed by atoms with Crippen LogP contribution >= 0.6 is 11.3 Å². The molecule has 0 aliphatic rings. The minimum absolute atomic E-state index is 0.0196. The molecule has 0 unspecified atom stereocenters. The van der Waals surface area contributed by atoms with E-state index in [9.17, 15) is 18.0 Å². The highest BCUT2D eigenvalue weighted by Crippen LogP contribution is 2.30. The Hall–Kier alpha value is -2.59.